The molecule has 0 radical (unpaired) electrons. The molecule has 0 saturated carbocycles. The first kappa shape index (κ1) is 13.4. The Labute approximate surface area is 101 Å². The van der Waals surface area contributed by atoms with Gasteiger partial charge in [0.15, 0.2) is 0 Å². The lowest BCUT2D eigenvalue weighted by atomic mass is 10.2. The topological polar surface area (TPSA) is 67.3 Å². The van der Waals surface area contributed by atoms with E-state index in [0.29, 0.717) is 30.4 Å². The average Bonchev–Trinajstić information content (AvgIpc) is 2.28. The van der Waals surface area contributed by atoms with E-state index >= 15 is 0 Å². The van der Waals surface area contributed by atoms with Crippen LogP contribution in [0.25, 0.3) is 0 Å². The number of nitrogens with one attached hydrogen (secondary N) is 1. The summed E-state index contributed by atoms with van der Waals surface area (Å²) in [6.45, 7) is 2.76. The van der Waals surface area contributed by atoms with Crippen LogP contribution in [0, 0.1) is 6.92 Å². The number of ether oxygens (including phenoxy) is 1. The Balaban J connectivity index is 2.74. The van der Waals surface area contributed by atoms with Gasteiger partial charge in [0.2, 0.25) is 5.95 Å². The highest BCUT2D eigenvalue weighted by molar-refractivity contribution is 5.94. The zero-order valence-electron chi connectivity index (χ0n) is 10.6. The van der Waals surface area contributed by atoms with Gasteiger partial charge in [0, 0.05) is 33.9 Å². The van der Waals surface area contributed by atoms with Gasteiger partial charge in [0.1, 0.15) is 0 Å². The van der Waals surface area contributed by atoms with Gasteiger partial charge in [-0.1, -0.05) is 0 Å². The number of aromatic nitrogens is 2. The van der Waals surface area contributed by atoms with Gasteiger partial charge in [-0.2, -0.15) is 0 Å². The fraction of sp³-hybridized carbons (Fsp3) is 0.545. The van der Waals surface area contributed by atoms with Crippen molar-refractivity contribution < 1.29 is 9.53 Å². The molecule has 1 rings (SSSR count). The number of anilines is 1. The first-order valence-electron chi connectivity index (χ1n) is 5.34. The fourth-order valence-electron chi connectivity index (χ4n) is 1.26. The predicted octanol–water partition coefficient (Wildman–Crippen LogP) is 0.227. The number of amides is 1. The third kappa shape index (κ3) is 3.67. The molecule has 1 heterocycles. The standard InChI is InChI=1S/C11H18N4O2/c1-8-9(10(16)12-5-6-17-4)7-13-11(14-8)15(2)3/h7H,5-6H2,1-4H3,(H,12,16). The maximum Gasteiger partial charge on any atom is 0.254 e. The molecule has 0 saturated heterocycles. The van der Waals surface area contributed by atoms with Gasteiger partial charge < -0.3 is 15.0 Å². The van der Waals surface area contributed by atoms with Crippen LogP contribution in [0.1, 0.15) is 16.1 Å². The molecule has 0 fully saturated rings. The quantitative estimate of drug-likeness (QED) is 0.744. The number of nitrogens with zero attached hydrogens (tertiary/aromatic N) is 3. The van der Waals surface area contributed by atoms with Crippen LogP contribution in [0.3, 0.4) is 0 Å². The first-order chi connectivity index (χ1) is 8.06. The number of hydrogen-bond acceptors (Lipinski definition) is 5. The summed E-state index contributed by atoms with van der Waals surface area (Å²) in [6.07, 6.45) is 1.54. The van der Waals surface area contributed by atoms with E-state index in [1.54, 1.807) is 25.1 Å². The molecular weight excluding hydrogens is 220 g/mol. The Bertz CT molecular complexity index is 393. The van der Waals surface area contributed by atoms with Gasteiger partial charge in [0.25, 0.3) is 5.91 Å². The number of aryl methyl sites for hydroxylation is 1. The molecule has 0 atom stereocenters. The second-order valence-electron chi connectivity index (χ2n) is 3.81. The van der Waals surface area contributed by atoms with Crippen LogP contribution in [-0.2, 0) is 4.74 Å². The second-order valence-corrected chi connectivity index (χ2v) is 3.81. The van der Waals surface area contributed by atoms with Crippen molar-refractivity contribution in [2.75, 3.05) is 39.3 Å². The molecule has 1 N–H and O–H groups in total. The number of hydrogen-bond donors (Lipinski definition) is 1. The molecule has 1 amide bonds. The van der Waals surface area contributed by atoms with Crippen LogP contribution in [-0.4, -0.2) is 50.2 Å². The summed E-state index contributed by atoms with van der Waals surface area (Å²) in [5.74, 6) is 0.417. The monoisotopic (exact) mass is 238 g/mol. The summed E-state index contributed by atoms with van der Waals surface area (Å²) < 4.78 is 4.86. The van der Waals surface area contributed by atoms with Crippen LogP contribution in [0.2, 0.25) is 0 Å². The first-order valence-corrected chi connectivity index (χ1v) is 5.34. The molecule has 0 aromatic carbocycles. The van der Waals surface area contributed by atoms with E-state index in [-0.39, 0.29) is 5.91 Å². The Morgan fingerprint density at radius 1 is 1.53 bits per heavy atom. The maximum atomic E-state index is 11.8. The highest BCUT2D eigenvalue weighted by atomic mass is 16.5. The Morgan fingerprint density at radius 2 is 2.24 bits per heavy atom. The molecule has 0 bridgehead atoms. The minimum atomic E-state index is -0.176. The molecule has 1 aromatic rings. The molecule has 0 unspecified atom stereocenters. The van der Waals surface area contributed by atoms with Crippen molar-refractivity contribution in [3.05, 3.63) is 17.5 Å². The summed E-state index contributed by atoms with van der Waals surface area (Å²) >= 11 is 0. The Hall–Kier alpha value is -1.69. The maximum absolute atomic E-state index is 11.8. The molecule has 1 aromatic heterocycles. The zero-order chi connectivity index (χ0) is 12.8. The van der Waals surface area contributed by atoms with E-state index in [9.17, 15) is 4.79 Å². The molecule has 0 aliphatic heterocycles. The third-order valence-electron chi connectivity index (χ3n) is 2.20. The van der Waals surface area contributed by atoms with Gasteiger partial charge in [0.05, 0.1) is 17.9 Å². The molecule has 6 heteroatoms. The van der Waals surface area contributed by atoms with E-state index in [4.69, 9.17) is 4.74 Å². The highest BCUT2D eigenvalue weighted by Crippen LogP contribution is 2.08. The number of carbonyl (C=O) groups excluding carboxylic acids is 1. The smallest absolute Gasteiger partial charge is 0.254 e. The van der Waals surface area contributed by atoms with Crippen molar-refractivity contribution in [1.82, 2.24) is 15.3 Å². The fourth-order valence-corrected chi connectivity index (χ4v) is 1.26. The van der Waals surface area contributed by atoms with Gasteiger partial charge >= 0.3 is 0 Å². The lowest BCUT2D eigenvalue weighted by Gasteiger charge is -2.12. The van der Waals surface area contributed by atoms with Gasteiger partial charge in [-0.05, 0) is 6.92 Å². The molecule has 94 valence electrons. The van der Waals surface area contributed by atoms with Crippen molar-refractivity contribution in [3.8, 4) is 0 Å². The van der Waals surface area contributed by atoms with E-state index < -0.39 is 0 Å². The number of methoxy groups -OCH3 is 1. The van der Waals surface area contributed by atoms with E-state index in [1.165, 1.54) is 0 Å². The van der Waals surface area contributed by atoms with Gasteiger partial charge in [-0.25, -0.2) is 9.97 Å². The van der Waals surface area contributed by atoms with Gasteiger partial charge in [-0.3, -0.25) is 4.79 Å². The van der Waals surface area contributed by atoms with Crippen molar-refractivity contribution in [3.63, 3.8) is 0 Å². The largest absolute Gasteiger partial charge is 0.383 e. The summed E-state index contributed by atoms with van der Waals surface area (Å²) in [5, 5.41) is 2.73. The lowest BCUT2D eigenvalue weighted by molar-refractivity contribution is 0.0935. The van der Waals surface area contributed by atoms with Crippen molar-refractivity contribution in [2.24, 2.45) is 0 Å². The SMILES string of the molecule is COCCNC(=O)c1cnc(N(C)C)nc1C. The van der Waals surface area contributed by atoms with Gasteiger partial charge in [-0.15, -0.1) is 0 Å². The molecule has 17 heavy (non-hydrogen) atoms. The average molecular weight is 238 g/mol. The van der Waals surface area contributed by atoms with Crippen molar-refractivity contribution in [1.29, 1.82) is 0 Å². The van der Waals surface area contributed by atoms with E-state index in [0.717, 1.165) is 0 Å². The summed E-state index contributed by atoms with van der Waals surface area (Å²) in [7, 11) is 5.30. The van der Waals surface area contributed by atoms with E-state index in [1.807, 2.05) is 14.1 Å². The molecule has 0 aliphatic carbocycles. The normalized spacial score (nSPS) is 10.1. The van der Waals surface area contributed by atoms with Crippen molar-refractivity contribution in [2.45, 2.75) is 6.92 Å². The molecule has 0 spiro atoms. The minimum absolute atomic E-state index is 0.176. The van der Waals surface area contributed by atoms with Crippen molar-refractivity contribution >= 4 is 11.9 Å². The Kier molecular flexibility index (Phi) is 4.84. The predicted molar refractivity (Wildman–Crippen MR) is 65.3 cm³/mol. The number of rotatable bonds is 5. The zero-order valence-corrected chi connectivity index (χ0v) is 10.6. The summed E-state index contributed by atoms with van der Waals surface area (Å²) in [4.78, 5) is 21.9. The number of carbonyl (C=O) groups is 1. The second kappa shape index (κ2) is 6.15. The Morgan fingerprint density at radius 3 is 2.76 bits per heavy atom. The summed E-state index contributed by atoms with van der Waals surface area (Å²) in [6, 6.07) is 0. The van der Waals surface area contributed by atoms with Crippen LogP contribution >= 0.6 is 0 Å². The summed E-state index contributed by atoms with van der Waals surface area (Å²) in [5.41, 5.74) is 1.16. The van der Waals surface area contributed by atoms with E-state index in [2.05, 4.69) is 15.3 Å². The van der Waals surface area contributed by atoms with Crippen LogP contribution in [0.5, 0.6) is 0 Å². The third-order valence-corrected chi connectivity index (χ3v) is 2.20. The lowest BCUT2D eigenvalue weighted by Crippen LogP contribution is -2.28. The van der Waals surface area contributed by atoms with Crippen LogP contribution < -0.4 is 10.2 Å². The molecule has 0 aliphatic rings. The van der Waals surface area contributed by atoms with Crippen LogP contribution in [0.15, 0.2) is 6.20 Å². The highest BCUT2D eigenvalue weighted by Gasteiger charge is 2.11. The molecule has 6 nitrogen and oxygen atoms in total. The minimum Gasteiger partial charge on any atom is -0.383 e. The molecular formula is C11H18N4O2. The van der Waals surface area contributed by atoms with Crippen LogP contribution in [0.4, 0.5) is 5.95 Å².